The van der Waals surface area contributed by atoms with Crippen LogP contribution in [0.2, 0.25) is 0 Å². The highest BCUT2D eigenvalue weighted by Gasteiger charge is 2.23. The minimum atomic E-state index is 0.356. The third-order valence-corrected chi connectivity index (χ3v) is 6.03. The fourth-order valence-electron chi connectivity index (χ4n) is 4.18. The Hall–Kier alpha value is -1.37. The molecule has 1 amide bonds. The molecule has 1 aromatic heterocycles. The molecule has 0 unspecified atom stereocenters. The molecule has 27 heavy (non-hydrogen) atoms. The molecule has 6 nitrogen and oxygen atoms in total. The molecule has 0 spiro atoms. The summed E-state index contributed by atoms with van der Waals surface area (Å²) in [7, 11) is 1.68. The Balaban J connectivity index is 1.32. The Morgan fingerprint density at radius 3 is 2.44 bits per heavy atom. The second-order valence-electron chi connectivity index (χ2n) is 7.87. The molecule has 1 aromatic rings. The summed E-state index contributed by atoms with van der Waals surface area (Å²) in [6.07, 6.45) is 4.12. The van der Waals surface area contributed by atoms with Crippen molar-refractivity contribution in [3.63, 3.8) is 0 Å². The molecule has 3 rings (SSSR count). The van der Waals surface area contributed by atoms with Crippen molar-refractivity contribution in [3.05, 3.63) is 23.7 Å². The lowest BCUT2D eigenvalue weighted by atomic mass is 9.92. The number of carbonyl (C=O) groups excluding carboxylic acids is 1. The van der Waals surface area contributed by atoms with Crippen molar-refractivity contribution >= 4 is 5.91 Å². The van der Waals surface area contributed by atoms with Gasteiger partial charge in [0.15, 0.2) is 0 Å². The van der Waals surface area contributed by atoms with Gasteiger partial charge in [-0.3, -0.25) is 9.69 Å². The molecular formula is C21H35N3O3. The monoisotopic (exact) mass is 377 g/mol. The number of ether oxygens (including phenoxy) is 1. The minimum Gasteiger partial charge on any atom is -0.462 e. The summed E-state index contributed by atoms with van der Waals surface area (Å²) in [4.78, 5) is 19.4. The third kappa shape index (κ3) is 6.06. The Kier molecular flexibility index (Phi) is 7.73. The van der Waals surface area contributed by atoms with Crippen LogP contribution in [0.15, 0.2) is 16.5 Å². The van der Waals surface area contributed by atoms with E-state index in [9.17, 15) is 4.79 Å². The Labute approximate surface area is 163 Å². The van der Waals surface area contributed by atoms with E-state index in [2.05, 4.69) is 27.7 Å². The largest absolute Gasteiger partial charge is 0.462 e. The number of rotatable bonds is 8. The maximum absolute atomic E-state index is 12.5. The number of furan rings is 1. The van der Waals surface area contributed by atoms with E-state index in [-0.39, 0.29) is 0 Å². The number of hydrogen-bond acceptors (Lipinski definition) is 5. The molecule has 2 fully saturated rings. The van der Waals surface area contributed by atoms with Crippen molar-refractivity contribution in [3.8, 4) is 0 Å². The number of likely N-dealkylation sites (N-methyl/N-ethyl adjacent to an activating group) is 1. The predicted molar refractivity (Wildman–Crippen MR) is 105 cm³/mol. The normalized spacial score (nSPS) is 20.3. The SMILES string of the molecule is CCN1CCN(C(=O)CCC2CCN(Cc3ccc(COC)o3)CC2)CC1. The molecule has 0 saturated carbocycles. The maximum Gasteiger partial charge on any atom is 0.222 e. The van der Waals surface area contributed by atoms with E-state index in [1.807, 2.05) is 6.07 Å². The topological polar surface area (TPSA) is 49.2 Å². The van der Waals surface area contributed by atoms with Crippen LogP contribution in [0.1, 0.15) is 44.1 Å². The zero-order valence-electron chi connectivity index (χ0n) is 17.0. The number of hydrogen-bond donors (Lipinski definition) is 0. The van der Waals surface area contributed by atoms with E-state index < -0.39 is 0 Å². The average molecular weight is 378 g/mol. The van der Waals surface area contributed by atoms with Gasteiger partial charge in [-0.2, -0.15) is 0 Å². The number of methoxy groups -OCH3 is 1. The van der Waals surface area contributed by atoms with E-state index in [0.29, 0.717) is 18.4 Å². The first-order chi connectivity index (χ1) is 13.2. The van der Waals surface area contributed by atoms with Crippen LogP contribution in [-0.2, 0) is 22.7 Å². The highest BCUT2D eigenvalue weighted by molar-refractivity contribution is 5.76. The lowest BCUT2D eigenvalue weighted by molar-refractivity contribution is -0.133. The van der Waals surface area contributed by atoms with Gasteiger partial charge in [-0.1, -0.05) is 6.92 Å². The molecule has 0 radical (unpaired) electrons. The summed E-state index contributed by atoms with van der Waals surface area (Å²) >= 11 is 0. The first kappa shape index (κ1) is 20.4. The first-order valence-corrected chi connectivity index (χ1v) is 10.5. The van der Waals surface area contributed by atoms with Crippen LogP contribution in [0.4, 0.5) is 0 Å². The Morgan fingerprint density at radius 1 is 1.07 bits per heavy atom. The smallest absolute Gasteiger partial charge is 0.222 e. The average Bonchev–Trinajstić information content (AvgIpc) is 3.14. The number of piperazine rings is 1. The van der Waals surface area contributed by atoms with Gasteiger partial charge in [-0.05, 0) is 56.9 Å². The van der Waals surface area contributed by atoms with Gasteiger partial charge in [0, 0.05) is 39.7 Å². The van der Waals surface area contributed by atoms with E-state index in [1.165, 1.54) is 12.8 Å². The summed E-state index contributed by atoms with van der Waals surface area (Å²) in [5.41, 5.74) is 0. The highest BCUT2D eigenvalue weighted by Crippen LogP contribution is 2.24. The molecule has 0 aliphatic carbocycles. The van der Waals surface area contributed by atoms with Gasteiger partial charge in [0.2, 0.25) is 5.91 Å². The van der Waals surface area contributed by atoms with Crippen LogP contribution in [0.3, 0.4) is 0 Å². The first-order valence-electron chi connectivity index (χ1n) is 10.5. The van der Waals surface area contributed by atoms with Crippen LogP contribution in [0, 0.1) is 5.92 Å². The molecule has 2 saturated heterocycles. The molecule has 6 heteroatoms. The van der Waals surface area contributed by atoms with Gasteiger partial charge in [-0.25, -0.2) is 0 Å². The summed E-state index contributed by atoms with van der Waals surface area (Å²) in [6, 6.07) is 4.05. The minimum absolute atomic E-state index is 0.356. The fraction of sp³-hybridized carbons (Fsp3) is 0.762. The van der Waals surface area contributed by atoms with Crippen LogP contribution in [0.5, 0.6) is 0 Å². The number of amides is 1. The predicted octanol–water partition coefficient (Wildman–Crippen LogP) is 2.58. The van der Waals surface area contributed by atoms with Crippen LogP contribution >= 0.6 is 0 Å². The zero-order valence-corrected chi connectivity index (χ0v) is 17.0. The quantitative estimate of drug-likeness (QED) is 0.697. The number of carbonyl (C=O) groups is 1. The zero-order chi connectivity index (χ0) is 19.1. The Bertz CT molecular complexity index is 573. The molecule has 2 aliphatic heterocycles. The van der Waals surface area contributed by atoms with Crippen LogP contribution < -0.4 is 0 Å². The summed E-state index contributed by atoms with van der Waals surface area (Å²) in [6.45, 7) is 10.7. The van der Waals surface area contributed by atoms with Gasteiger partial charge >= 0.3 is 0 Å². The molecule has 152 valence electrons. The van der Waals surface area contributed by atoms with Gasteiger partial charge in [-0.15, -0.1) is 0 Å². The van der Waals surface area contributed by atoms with Gasteiger partial charge in [0.25, 0.3) is 0 Å². The van der Waals surface area contributed by atoms with E-state index in [1.54, 1.807) is 7.11 Å². The van der Waals surface area contributed by atoms with Crippen molar-refractivity contribution in [1.82, 2.24) is 14.7 Å². The molecular weight excluding hydrogens is 342 g/mol. The van der Waals surface area contributed by atoms with Gasteiger partial charge in [0.05, 0.1) is 6.54 Å². The van der Waals surface area contributed by atoms with Crippen molar-refractivity contribution < 1.29 is 13.9 Å². The lowest BCUT2D eigenvalue weighted by Crippen LogP contribution is -2.48. The molecule has 0 aromatic carbocycles. The number of nitrogens with zero attached hydrogens (tertiary/aromatic N) is 3. The highest BCUT2D eigenvalue weighted by atomic mass is 16.5. The molecule has 2 aliphatic rings. The lowest BCUT2D eigenvalue weighted by Gasteiger charge is -2.35. The standard InChI is InChI=1S/C21H35N3O3/c1-3-22-12-14-24(15-13-22)21(25)7-4-18-8-10-23(11-9-18)16-19-5-6-20(27-19)17-26-2/h5-6,18H,3-4,7-17H2,1-2H3. The summed E-state index contributed by atoms with van der Waals surface area (Å²) in [5, 5.41) is 0. The molecule has 0 bridgehead atoms. The summed E-state index contributed by atoms with van der Waals surface area (Å²) in [5.74, 6) is 2.94. The number of likely N-dealkylation sites (tertiary alicyclic amines) is 1. The second-order valence-corrected chi connectivity index (χ2v) is 7.87. The van der Waals surface area contributed by atoms with E-state index in [0.717, 1.165) is 76.7 Å². The molecule has 0 N–H and O–H groups in total. The van der Waals surface area contributed by atoms with Crippen LogP contribution in [-0.4, -0.2) is 73.5 Å². The maximum atomic E-state index is 12.5. The third-order valence-electron chi connectivity index (χ3n) is 6.03. The van der Waals surface area contributed by atoms with Gasteiger partial charge in [0.1, 0.15) is 18.1 Å². The van der Waals surface area contributed by atoms with Crippen molar-refractivity contribution in [2.45, 2.75) is 45.8 Å². The molecule has 0 atom stereocenters. The summed E-state index contributed by atoms with van der Waals surface area (Å²) < 4.78 is 10.9. The Morgan fingerprint density at radius 2 is 1.78 bits per heavy atom. The van der Waals surface area contributed by atoms with Crippen molar-refractivity contribution in [1.29, 1.82) is 0 Å². The van der Waals surface area contributed by atoms with Crippen molar-refractivity contribution in [2.24, 2.45) is 5.92 Å². The van der Waals surface area contributed by atoms with Crippen LogP contribution in [0.25, 0.3) is 0 Å². The number of piperidine rings is 1. The van der Waals surface area contributed by atoms with E-state index in [4.69, 9.17) is 9.15 Å². The van der Waals surface area contributed by atoms with Gasteiger partial charge < -0.3 is 19.0 Å². The fourth-order valence-corrected chi connectivity index (χ4v) is 4.18. The molecule has 3 heterocycles. The second kappa shape index (κ2) is 10.2. The van der Waals surface area contributed by atoms with E-state index >= 15 is 0 Å². The van der Waals surface area contributed by atoms with Crippen molar-refractivity contribution in [2.75, 3.05) is 52.9 Å².